The monoisotopic (exact) mass is 283 g/mol. The van der Waals surface area contributed by atoms with Gasteiger partial charge in [0, 0.05) is 10.6 Å². The van der Waals surface area contributed by atoms with E-state index in [-0.39, 0.29) is 12.0 Å². The van der Waals surface area contributed by atoms with Crippen LogP contribution in [0.5, 0.6) is 0 Å². The van der Waals surface area contributed by atoms with Crippen molar-refractivity contribution >= 4 is 11.8 Å². The molecule has 1 heterocycles. The summed E-state index contributed by atoms with van der Waals surface area (Å²) in [6.07, 6.45) is 0.926. The fourth-order valence-corrected chi connectivity index (χ4v) is 2.51. The number of carbonyl (C=O) groups is 1. The maximum atomic E-state index is 11.8. The predicted molar refractivity (Wildman–Crippen MR) is 74.6 cm³/mol. The second-order valence-corrected chi connectivity index (χ2v) is 5.27. The van der Waals surface area contributed by atoms with E-state index in [1.807, 2.05) is 24.3 Å². The highest BCUT2D eigenvalue weighted by molar-refractivity contribution is 5.89. The molecule has 1 aromatic carbocycles. The molecule has 0 unspecified atom stereocenters. The molecular weight excluding hydrogens is 270 g/mol. The van der Waals surface area contributed by atoms with Crippen LogP contribution in [-0.2, 0) is 10.2 Å². The molecule has 0 spiro atoms. The molecule has 106 valence electrons. The van der Waals surface area contributed by atoms with Gasteiger partial charge in [0.2, 0.25) is 0 Å². The normalized spacial score (nSPS) is 22.1. The number of hydrogen-bond donors (Lipinski definition) is 0. The van der Waals surface area contributed by atoms with Crippen molar-refractivity contribution in [2.24, 2.45) is 5.11 Å². The lowest BCUT2D eigenvalue weighted by atomic mass is 9.97. The van der Waals surface area contributed by atoms with E-state index in [0.717, 1.165) is 24.1 Å². The van der Waals surface area contributed by atoms with Crippen LogP contribution in [-0.4, -0.2) is 25.3 Å². The number of carbonyl (C=O) groups excluding carboxylic acids is 1. The van der Waals surface area contributed by atoms with Crippen LogP contribution >= 0.6 is 0 Å². The molecule has 1 saturated carbocycles. The summed E-state index contributed by atoms with van der Waals surface area (Å²) in [5.74, 6) is 0. The molecule has 7 heteroatoms. The van der Waals surface area contributed by atoms with Crippen molar-refractivity contribution in [2.45, 2.75) is 24.4 Å². The average molecular weight is 283 g/mol. The number of azide groups is 1. The summed E-state index contributed by atoms with van der Waals surface area (Å²) in [6, 6.07) is 9.77. The number of ether oxygens (including phenoxy) is 1. The number of benzene rings is 1. The van der Waals surface area contributed by atoms with Gasteiger partial charge in [-0.3, -0.25) is 4.90 Å². The minimum Gasteiger partial charge on any atom is -0.444 e. The van der Waals surface area contributed by atoms with Crippen molar-refractivity contribution < 1.29 is 9.53 Å². The highest BCUT2D eigenvalue weighted by atomic mass is 16.6. The first-order valence-electron chi connectivity index (χ1n) is 6.69. The molecule has 1 aliphatic carbocycles. The Kier molecular flexibility index (Phi) is 3.16. The van der Waals surface area contributed by atoms with Gasteiger partial charge in [-0.15, -0.1) is 0 Å². The third kappa shape index (κ3) is 2.37. The van der Waals surface area contributed by atoms with Crippen molar-refractivity contribution in [1.82, 2.24) is 0 Å². The first kappa shape index (κ1) is 13.3. The summed E-state index contributed by atoms with van der Waals surface area (Å²) in [7, 11) is 0. The molecule has 0 bridgehead atoms. The molecule has 1 aliphatic heterocycles. The van der Waals surface area contributed by atoms with Crippen molar-refractivity contribution in [2.75, 3.05) is 18.0 Å². The number of rotatable bonds is 4. The zero-order valence-electron chi connectivity index (χ0n) is 11.3. The van der Waals surface area contributed by atoms with Gasteiger partial charge in [0.1, 0.15) is 6.10 Å². The fourth-order valence-electron chi connectivity index (χ4n) is 2.51. The minimum atomic E-state index is -0.442. The van der Waals surface area contributed by atoms with E-state index in [2.05, 4.69) is 16.1 Å². The molecule has 0 N–H and O–H groups in total. The SMILES string of the molecule is N#CC1(c2ccc(N3C[C@H](CN=[N+]=[N-])OC3=O)cc2)CC1. The van der Waals surface area contributed by atoms with Crippen LogP contribution < -0.4 is 4.90 Å². The molecule has 2 fully saturated rings. The van der Waals surface area contributed by atoms with E-state index in [1.165, 1.54) is 4.90 Å². The van der Waals surface area contributed by atoms with Crippen LogP contribution in [0.2, 0.25) is 0 Å². The average Bonchev–Trinajstić information content (AvgIpc) is 3.23. The number of hydrogen-bond acceptors (Lipinski definition) is 4. The minimum absolute atomic E-state index is 0.133. The number of cyclic esters (lactones) is 1. The highest BCUT2D eigenvalue weighted by Gasteiger charge is 2.44. The fraction of sp³-hybridized carbons (Fsp3) is 0.429. The van der Waals surface area contributed by atoms with E-state index in [4.69, 9.17) is 10.3 Å². The highest BCUT2D eigenvalue weighted by Crippen LogP contribution is 2.47. The number of anilines is 1. The van der Waals surface area contributed by atoms with Crippen LogP contribution in [0, 0.1) is 11.3 Å². The summed E-state index contributed by atoms with van der Waals surface area (Å²) in [5.41, 5.74) is 9.68. The number of nitrogens with zero attached hydrogens (tertiary/aromatic N) is 5. The lowest BCUT2D eigenvalue weighted by Gasteiger charge is -2.14. The van der Waals surface area contributed by atoms with Crippen LogP contribution in [0.3, 0.4) is 0 Å². The van der Waals surface area contributed by atoms with E-state index in [0.29, 0.717) is 6.54 Å². The second kappa shape index (κ2) is 5.00. The second-order valence-electron chi connectivity index (χ2n) is 5.27. The third-order valence-electron chi connectivity index (χ3n) is 3.92. The van der Waals surface area contributed by atoms with Gasteiger partial charge in [0.25, 0.3) is 0 Å². The molecular formula is C14H13N5O2. The molecule has 21 heavy (non-hydrogen) atoms. The summed E-state index contributed by atoms with van der Waals surface area (Å²) in [6.45, 7) is 0.495. The lowest BCUT2D eigenvalue weighted by Crippen LogP contribution is -2.25. The Labute approximate surface area is 121 Å². The van der Waals surface area contributed by atoms with Gasteiger partial charge in [-0.2, -0.15) is 5.26 Å². The van der Waals surface area contributed by atoms with Gasteiger partial charge < -0.3 is 4.74 Å². The van der Waals surface area contributed by atoms with E-state index in [1.54, 1.807) is 0 Å². The lowest BCUT2D eigenvalue weighted by molar-refractivity contribution is 0.145. The van der Waals surface area contributed by atoms with Gasteiger partial charge in [-0.05, 0) is 36.1 Å². The maximum absolute atomic E-state index is 11.8. The number of amides is 1. The van der Waals surface area contributed by atoms with E-state index >= 15 is 0 Å². The summed E-state index contributed by atoms with van der Waals surface area (Å²) < 4.78 is 5.13. The summed E-state index contributed by atoms with van der Waals surface area (Å²) in [5, 5.41) is 12.6. The zero-order valence-corrected chi connectivity index (χ0v) is 11.3. The first-order valence-corrected chi connectivity index (χ1v) is 6.69. The molecule has 7 nitrogen and oxygen atoms in total. The Hall–Kier alpha value is -2.71. The topological polar surface area (TPSA) is 102 Å². The Balaban J connectivity index is 1.74. The van der Waals surface area contributed by atoms with Crippen LogP contribution in [0.1, 0.15) is 18.4 Å². The van der Waals surface area contributed by atoms with Gasteiger partial charge >= 0.3 is 6.09 Å². The van der Waals surface area contributed by atoms with E-state index < -0.39 is 12.2 Å². The van der Waals surface area contributed by atoms with Crippen molar-refractivity contribution in [3.8, 4) is 6.07 Å². The molecule has 1 atom stereocenters. The summed E-state index contributed by atoms with van der Waals surface area (Å²) >= 11 is 0. The quantitative estimate of drug-likeness (QED) is 0.482. The van der Waals surface area contributed by atoms with Crippen LogP contribution in [0.4, 0.5) is 10.5 Å². The van der Waals surface area contributed by atoms with Crippen molar-refractivity contribution in [3.05, 3.63) is 40.3 Å². The predicted octanol–water partition coefficient (Wildman–Crippen LogP) is 2.88. The van der Waals surface area contributed by atoms with Crippen molar-refractivity contribution in [3.63, 3.8) is 0 Å². The zero-order chi connectivity index (χ0) is 14.9. The van der Waals surface area contributed by atoms with E-state index in [9.17, 15) is 10.1 Å². The Morgan fingerprint density at radius 2 is 2.19 bits per heavy atom. The Morgan fingerprint density at radius 1 is 1.48 bits per heavy atom. The summed E-state index contributed by atoms with van der Waals surface area (Å²) in [4.78, 5) is 16.0. The molecule has 0 radical (unpaired) electrons. The molecule has 0 aromatic heterocycles. The smallest absolute Gasteiger partial charge is 0.414 e. The molecule has 2 aliphatic rings. The first-order chi connectivity index (χ1) is 10.2. The third-order valence-corrected chi connectivity index (χ3v) is 3.92. The molecule has 1 amide bonds. The molecule has 1 saturated heterocycles. The van der Waals surface area contributed by atoms with Gasteiger partial charge in [0.15, 0.2) is 0 Å². The van der Waals surface area contributed by atoms with Gasteiger partial charge in [-0.1, -0.05) is 17.2 Å². The van der Waals surface area contributed by atoms with Gasteiger partial charge in [0.05, 0.1) is 24.6 Å². The van der Waals surface area contributed by atoms with Crippen LogP contribution in [0.15, 0.2) is 29.4 Å². The standard InChI is InChI=1S/C14H13N5O2/c15-9-14(5-6-14)10-1-3-11(4-2-10)19-8-12(7-17-18-16)21-13(19)20/h1-4,12H,5-8H2/t12-/m0/s1. The molecule has 1 aromatic rings. The molecule has 3 rings (SSSR count). The number of nitriles is 1. The Morgan fingerprint density at radius 3 is 2.76 bits per heavy atom. The van der Waals surface area contributed by atoms with Crippen LogP contribution in [0.25, 0.3) is 10.4 Å². The van der Waals surface area contributed by atoms with Crippen molar-refractivity contribution in [1.29, 1.82) is 5.26 Å². The van der Waals surface area contributed by atoms with Gasteiger partial charge in [-0.25, -0.2) is 4.79 Å². The maximum Gasteiger partial charge on any atom is 0.414 e. The largest absolute Gasteiger partial charge is 0.444 e. The Bertz CT molecular complexity index is 653.